The number of amides is 2. The van der Waals surface area contributed by atoms with Crippen LogP contribution in [0.4, 0.5) is 16.2 Å². The number of benzene rings is 2. The summed E-state index contributed by atoms with van der Waals surface area (Å²) >= 11 is 0. The van der Waals surface area contributed by atoms with Crippen molar-refractivity contribution in [1.29, 1.82) is 0 Å². The quantitative estimate of drug-likeness (QED) is 0.563. The van der Waals surface area contributed by atoms with Gasteiger partial charge in [0, 0.05) is 36.6 Å². The number of carbonyl (C=O) groups excluding carboxylic acids is 2. The molecule has 0 radical (unpaired) electrons. The summed E-state index contributed by atoms with van der Waals surface area (Å²) in [5.41, 5.74) is 1.09. The van der Waals surface area contributed by atoms with Crippen LogP contribution < -0.4 is 10.6 Å². The van der Waals surface area contributed by atoms with Crippen molar-refractivity contribution in [2.45, 2.75) is 37.1 Å². The Bertz CT molecular complexity index is 1090. The number of carbonyl (C=O) groups is 2. The maximum Gasteiger partial charge on any atom is 0.411 e. The second-order valence-electron chi connectivity index (χ2n) is 7.78. The highest BCUT2D eigenvalue weighted by Gasteiger charge is 2.31. The van der Waals surface area contributed by atoms with E-state index in [-0.39, 0.29) is 29.7 Å². The van der Waals surface area contributed by atoms with Gasteiger partial charge in [0.15, 0.2) is 0 Å². The van der Waals surface area contributed by atoms with Crippen LogP contribution >= 0.6 is 0 Å². The van der Waals surface area contributed by atoms with Gasteiger partial charge in [-0.2, -0.15) is 4.31 Å². The van der Waals surface area contributed by atoms with Crippen LogP contribution in [0.1, 0.15) is 36.5 Å². The number of nitrogens with zero attached hydrogens (tertiary/aromatic N) is 1. The first-order chi connectivity index (χ1) is 15.8. The van der Waals surface area contributed by atoms with Gasteiger partial charge in [0.1, 0.15) is 6.61 Å². The molecule has 33 heavy (non-hydrogen) atoms. The minimum absolute atomic E-state index is 0.0716. The van der Waals surface area contributed by atoms with Crippen molar-refractivity contribution in [2.75, 3.05) is 37.5 Å². The second kappa shape index (κ2) is 11.3. The lowest BCUT2D eigenvalue weighted by Crippen LogP contribution is -2.41. The predicted molar refractivity (Wildman–Crippen MR) is 125 cm³/mol. The molecule has 2 aromatic rings. The molecule has 0 aromatic heterocycles. The van der Waals surface area contributed by atoms with Gasteiger partial charge in [-0.25, -0.2) is 13.2 Å². The van der Waals surface area contributed by atoms with E-state index in [9.17, 15) is 18.0 Å². The van der Waals surface area contributed by atoms with Crippen molar-refractivity contribution in [2.24, 2.45) is 0 Å². The van der Waals surface area contributed by atoms with Crippen LogP contribution in [-0.4, -0.2) is 57.6 Å². The number of anilines is 2. The highest BCUT2D eigenvalue weighted by Crippen LogP contribution is 2.26. The molecule has 1 unspecified atom stereocenters. The van der Waals surface area contributed by atoms with E-state index in [1.807, 2.05) is 6.92 Å². The molecular weight excluding hydrogens is 446 g/mol. The lowest BCUT2D eigenvalue weighted by molar-refractivity contribution is 0.102. The Kier molecular flexibility index (Phi) is 8.43. The fourth-order valence-corrected chi connectivity index (χ4v) is 5.36. The zero-order valence-electron chi connectivity index (χ0n) is 18.7. The normalized spacial score (nSPS) is 16.7. The highest BCUT2D eigenvalue weighted by molar-refractivity contribution is 7.89. The number of piperidine rings is 1. The average Bonchev–Trinajstić information content (AvgIpc) is 2.80. The Morgan fingerprint density at radius 1 is 1.03 bits per heavy atom. The Morgan fingerprint density at radius 2 is 1.76 bits per heavy atom. The predicted octanol–water partition coefficient (Wildman–Crippen LogP) is 3.70. The third-order valence-corrected chi connectivity index (χ3v) is 7.34. The van der Waals surface area contributed by atoms with Crippen molar-refractivity contribution >= 4 is 33.4 Å². The molecule has 1 fully saturated rings. The second-order valence-corrected chi connectivity index (χ2v) is 9.67. The largest absolute Gasteiger partial charge is 0.447 e. The molecule has 2 aromatic carbocycles. The molecule has 1 aliphatic heterocycles. The summed E-state index contributed by atoms with van der Waals surface area (Å²) in [6.45, 7) is 2.79. The van der Waals surface area contributed by atoms with Crippen molar-refractivity contribution in [3.8, 4) is 0 Å². The van der Waals surface area contributed by atoms with Gasteiger partial charge in [0.25, 0.3) is 5.91 Å². The van der Waals surface area contributed by atoms with E-state index in [4.69, 9.17) is 9.47 Å². The van der Waals surface area contributed by atoms with Crippen LogP contribution in [0.15, 0.2) is 53.4 Å². The van der Waals surface area contributed by atoms with Gasteiger partial charge in [0.2, 0.25) is 10.0 Å². The lowest BCUT2D eigenvalue weighted by atomic mass is 10.1. The number of ether oxygens (including phenoxy) is 2. The molecule has 0 aliphatic carbocycles. The molecule has 1 atom stereocenters. The van der Waals surface area contributed by atoms with Crippen LogP contribution in [0.25, 0.3) is 0 Å². The Balaban J connectivity index is 1.69. The standard InChI is InChI=1S/C23H29N3O6S/c1-17-7-3-4-12-26(17)33(29,30)21-11-5-8-18(15-21)22(27)24-19-9-6-10-20(16-19)25-23(28)32-14-13-31-2/h5-6,8-11,15-17H,3-4,7,12-14H2,1-2H3,(H,24,27)(H,25,28). The first-order valence-corrected chi connectivity index (χ1v) is 12.2. The smallest absolute Gasteiger partial charge is 0.411 e. The van der Waals surface area contributed by atoms with Gasteiger partial charge >= 0.3 is 6.09 Å². The molecule has 1 aliphatic rings. The summed E-state index contributed by atoms with van der Waals surface area (Å²) < 4.78 is 37.5. The number of hydrogen-bond donors (Lipinski definition) is 2. The third-order valence-electron chi connectivity index (χ3n) is 5.33. The van der Waals surface area contributed by atoms with E-state index in [0.717, 1.165) is 19.3 Å². The summed E-state index contributed by atoms with van der Waals surface area (Å²) in [7, 11) is -2.18. The molecule has 9 nitrogen and oxygen atoms in total. The van der Waals surface area contributed by atoms with Gasteiger partial charge in [-0.3, -0.25) is 10.1 Å². The molecule has 2 amide bonds. The van der Waals surface area contributed by atoms with Crippen LogP contribution in [0.5, 0.6) is 0 Å². The van der Waals surface area contributed by atoms with E-state index >= 15 is 0 Å². The minimum atomic E-state index is -3.69. The minimum Gasteiger partial charge on any atom is -0.447 e. The van der Waals surface area contributed by atoms with Crippen LogP contribution in [-0.2, 0) is 19.5 Å². The zero-order chi connectivity index (χ0) is 23.8. The fourth-order valence-electron chi connectivity index (χ4n) is 3.61. The van der Waals surface area contributed by atoms with Crippen molar-refractivity contribution in [3.63, 3.8) is 0 Å². The number of hydrogen-bond acceptors (Lipinski definition) is 6. The van der Waals surface area contributed by atoms with E-state index < -0.39 is 22.0 Å². The van der Waals surface area contributed by atoms with Crippen LogP contribution in [0, 0.1) is 0 Å². The molecule has 0 bridgehead atoms. The summed E-state index contributed by atoms with van der Waals surface area (Å²) in [5.74, 6) is -0.460. The molecular formula is C23H29N3O6S. The number of nitrogens with one attached hydrogen (secondary N) is 2. The lowest BCUT2D eigenvalue weighted by Gasteiger charge is -2.32. The monoisotopic (exact) mass is 475 g/mol. The van der Waals surface area contributed by atoms with Gasteiger partial charge in [0.05, 0.1) is 11.5 Å². The first kappa shape index (κ1) is 24.7. The summed E-state index contributed by atoms with van der Waals surface area (Å²) in [5, 5.41) is 5.30. The van der Waals surface area contributed by atoms with E-state index in [2.05, 4.69) is 10.6 Å². The van der Waals surface area contributed by atoms with Gasteiger partial charge in [-0.05, 0) is 56.2 Å². The van der Waals surface area contributed by atoms with Gasteiger partial charge in [-0.1, -0.05) is 18.6 Å². The molecule has 0 spiro atoms. The first-order valence-electron chi connectivity index (χ1n) is 10.8. The maximum atomic E-state index is 13.1. The van der Waals surface area contributed by atoms with Crippen molar-refractivity contribution in [1.82, 2.24) is 4.31 Å². The van der Waals surface area contributed by atoms with Crippen molar-refractivity contribution < 1.29 is 27.5 Å². The van der Waals surface area contributed by atoms with Crippen molar-refractivity contribution in [3.05, 3.63) is 54.1 Å². The maximum absolute atomic E-state index is 13.1. The molecule has 178 valence electrons. The molecule has 1 heterocycles. The molecule has 0 saturated carbocycles. The fraction of sp³-hybridized carbons (Fsp3) is 0.391. The topological polar surface area (TPSA) is 114 Å². The summed E-state index contributed by atoms with van der Waals surface area (Å²) in [6, 6.07) is 12.5. The summed E-state index contributed by atoms with van der Waals surface area (Å²) in [4.78, 5) is 24.7. The molecule has 1 saturated heterocycles. The van der Waals surface area contributed by atoms with E-state index in [0.29, 0.717) is 17.9 Å². The number of rotatable bonds is 8. The number of sulfonamides is 1. The third kappa shape index (κ3) is 6.53. The average molecular weight is 476 g/mol. The zero-order valence-corrected chi connectivity index (χ0v) is 19.6. The summed E-state index contributed by atoms with van der Waals surface area (Å²) in [6.07, 6.45) is 2.02. The van der Waals surface area contributed by atoms with E-state index in [1.54, 1.807) is 36.4 Å². The van der Waals surface area contributed by atoms with Crippen LogP contribution in [0.2, 0.25) is 0 Å². The Hall–Kier alpha value is -2.95. The van der Waals surface area contributed by atoms with Crippen LogP contribution in [0.3, 0.4) is 0 Å². The van der Waals surface area contributed by atoms with Gasteiger partial charge < -0.3 is 14.8 Å². The van der Waals surface area contributed by atoms with Gasteiger partial charge in [-0.15, -0.1) is 0 Å². The molecule has 2 N–H and O–H groups in total. The Morgan fingerprint density at radius 3 is 2.48 bits per heavy atom. The Labute approximate surface area is 194 Å². The number of methoxy groups -OCH3 is 1. The highest BCUT2D eigenvalue weighted by atomic mass is 32.2. The van der Waals surface area contributed by atoms with E-state index in [1.165, 1.54) is 23.5 Å². The SMILES string of the molecule is COCCOC(=O)Nc1cccc(NC(=O)c2cccc(S(=O)(=O)N3CCCCC3C)c2)c1. The molecule has 3 rings (SSSR count). The molecule has 10 heteroatoms.